The average molecular weight is 329 g/mol. The van der Waals surface area contributed by atoms with Crippen LogP contribution in [0.15, 0.2) is 42.7 Å². The van der Waals surface area contributed by atoms with E-state index in [0.29, 0.717) is 6.42 Å². The summed E-state index contributed by atoms with van der Waals surface area (Å²) in [5.74, 6) is -0.234. The van der Waals surface area contributed by atoms with Crippen LogP contribution in [-0.2, 0) is 17.8 Å². The molecule has 2 atom stereocenters. The Morgan fingerprint density at radius 2 is 2.25 bits per heavy atom. The molecule has 128 valence electrons. The minimum absolute atomic E-state index is 0.148. The van der Waals surface area contributed by atoms with Gasteiger partial charge in [-0.3, -0.25) is 9.48 Å². The Labute approximate surface area is 142 Å². The van der Waals surface area contributed by atoms with Crippen molar-refractivity contribution in [2.45, 2.75) is 45.2 Å². The summed E-state index contributed by atoms with van der Waals surface area (Å²) >= 11 is 0. The Morgan fingerprint density at radius 3 is 3.00 bits per heavy atom. The second-order valence-corrected chi connectivity index (χ2v) is 6.64. The normalized spacial score (nSPS) is 19.2. The van der Waals surface area contributed by atoms with Crippen molar-refractivity contribution in [2.75, 3.05) is 6.54 Å². The smallest absolute Gasteiger partial charge is 0.226 e. The molecule has 1 aliphatic rings. The van der Waals surface area contributed by atoms with E-state index >= 15 is 0 Å². The second-order valence-electron chi connectivity index (χ2n) is 6.64. The van der Waals surface area contributed by atoms with Crippen LogP contribution >= 0.6 is 0 Å². The van der Waals surface area contributed by atoms with Crippen LogP contribution < -0.4 is 0 Å². The third-order valence-corrected chi connectivity index (χ3v) is 4.72. The first-order valence-corrected chi connectivity index (χ1v) is 8.66. The molecule has 1 fully saturated rings. The number of carbonyl (C=O) groups is 1. The molecule has 0 saturated carbocycles. The minimum Gasteiger partial charge on any atom is -0.338 e. The van der Waals surface area contributed by atoms with Gasteiger partial charge in [0.2, 0.25) is 5.91 Å². The topological polar surface area (TPSA) is 38.1 Å². The van der Waals surface area contributed by atoms with Crippen molar-refractivity contribution in [3.63, 3.8) is 0 Å². The fraction of sp³-hybridized carbons (Fsp3) is 0.474. The van der Waals surface area contributed by atoms with Crippen LogP contribution in [0.2, 0.25) is 0 Å². The molecule has 0 unspecified atom stereocenters. The monoisotopic (exact) mass is 329 g/mol. The summed E-state index contributed by atoms with van der Waals surface area (Å²) < 4.78 is 15.2. The maximum absolute atomic E-state index is 13.3. The molecule has 1 aromatic heterocycles. The molecule has 2 aromatic rings. The largest absolute Gasteiger partial charge is 0.338 e. The lowest BCUT2D eigenvalue weighted by molar-refractivity contribution is -0.139. The highest BCUT2D eigenvalue weighted by molar-refractivity contribution is 5.79. The highest BCUT2D eigenvalue weighted by Gasteiger charge is 2.30. The quantitative estimate of drug-likeness (QED) is 0.844. The first kappa shape index (κ1) is 16.7. The molecule has 1 amide bonds. The Kier molecular flexibility index (Phi) is 5.28. The van der Waals surface area contributed by atoms with Crippen molar-refractivity contribution >= 4 is 5.91 Å². The third-order valence-electron chi connectivity index (χ3n) is 4.72. The maximum Gasteiger partial charge on any atom is 0.226 e. The van der Waals surface area contributed by atoms with Gasteiger partial charge in [0.15, 0.2) is 0 Å². The van der Waals surface area contributed by atoms with Gasteiger partial charge in [0.1, 0.15) is 5.82 Å². The zero-order valence-electron chi connectivity index (χ0n) is 14.1. The van der Waals surface area contributed by atoms with Crippen molar-refractivity contribution in [1.29, 1.82) is 0 Å². The first-order chi connectivity index (χ1) is 11.6. The molecule has 2 heterocycles. The van der Waals surface area contributed by atoms with Gasteiger partial charge < -0.3 is 4.90 Å². The van der Waals surface area contributed by atoms with Crippen molar-refractivity contribution in [2.24, 2.45) is 5.92 Å². The maximum atomic E-state index is 13.3. The molecule has 0 bridgehead atoms. The van der Waals surface area contributed by atoms with Crippen LogP contribution in [0.1, 0.15) is 31.7 Å². The Morgan fingerprint density at radius 1 is 1.38 bits per heavy atom. The van der Waals surface area contributed by atoms with E-state index in [9.17, 15) is 9.18 Å². The molecule has 24 heavy (non-hydrogen) atoms. The number of piperidine rings is 1. The van der Waals surface area contributed by atoms with E-state index in [2.05, 4.69) is 5.10 Å². The van der Waals surface area contributed by atoms with E-state index in [1.54, 1.807) is 12.3 Å². The van der Waals surface area contributed by atoms with Gasteiger partial charge >= 0.3 is 0 Å². The summed E-state index contributed by atoms with van der Waals surface area (Å²) in [5, 5.41) is 4.26. The van der Waals surface area contributed by atoms with Crippen molar-refractivity contribution in [3.8, 4) is 0 Å². The average Bonchev–Trinajstić information content (AvgIpc) is 3.08. The van der Waals surface area contributed by atoms with E-state index in [-0.39, 0.29) is 23.7 Å². The number of likely N-dealkylation sites (tertiary alicyclic amines) is 1. The first-order valence-electron chi connectivity index (χ1n) is 8.66. The fourth-order valence-corrected chi connectivity index (χ4v) is 3.49. The summed E-state index contributed by atoms with van der Waals surface area (Å²) in [6.45, 7) is 3.48. The molecule has 0 radical (unpaired) electrons. The molecule has 1 aromatic carbocycles. The molecule has 4 nitrogen and oxygen atoms in total. The van der Waals surface area contributed by atoms with Crippen molar-refractivity contribution < 1.29 is 9.18 Å². The number of hydrogen-bond donors (Lipinski definition) is 0. The zero-order valence-corrected chi connectivity index (χ0v) is 14.1. The number of amides is 1. The van der Waals surface area contributed by atoms with Crippen LogP contribution in [0.3, 0.4) is 0 Å². The highest BCUT2D eigenvalue weighted by atomic mass is 19.1. The second kappa shape index (κ2) is 7.60. The SMILES string of the molecule is C[C@@H](Cc1cccc(F)c1)C(=O)N1CCCC[C@@H]1Cn1cccn1. The van der Waals surface area contributed by atoms with E-state index in [1.165, 1.54) is 12.1 Å². The van der Waals surface area contributed by atoms with Gasteiger partial charge in [0.05, 0.1) is 12.6 Å². The number of benzene rings is 1. The number of nitrogens with zero attached hydrogens (tertiary/aromatic N) is 3. The molecule has 0 N–H and O–H groups in total. The zero-order chi connectivity index (χ0) is 16.9. The van der Waals surface area contributed by atoms with Gasteiger partial charge in [-0.05, 0) is 49.4 Å². The number of halogens is 1. The highest BCUT2D eigenvalue weighted by Crippen LogP contribution is 2.22. The van der Waals surface area contributed by atoms with Gasteiger partial charge in [-0.15, -0.1) is 0 Å². The van der Waals surface area contributed by atoms with E-state index in [0.717, 1.165) is 37.9 Å². The molecule has 1 aliphatic heterocycles. The van der Waals surface area contributed by atoms with E-state index in [1.807, 2.05) is 34.8 Å². The Balaban J connectivity index is 1.66. The van der Waals surface area contributed by atoms with Crippen molar-refractivity contribution in [1.82, 2.24) is 14.7 Å². The summed E-state index contributed by atoms with van der Waals surface area (Å²) in [7, 11) is 0. The molecule has 5 heteroatoms. The summed E-state index contributed by atoms with van der Waals surface area (Å²) in [4.78, 5) is 14.9. The molecular weight excluding hydrogens is 305 g/mol. The lowest BCUT2D eigenvalue weighted by Gasteiger charge is -2.37. The Bertz CT molecular complexity index is 671. The number of aromatic nitrogens is 2. The lowest BCUT2D eigenvalue weighted by atomic mass is 9.95. The van der Waals surface area contributed by atoms with Crippen LogP contribution in [0.5, 0.6) is 0 Å². The number of hydrogen-bond acceptors (Lipinski definition) is 2. The van der Waals surface area contributed by atoms with Gasteiger partial charge in [-0.25, -0.2) is 4.39 Å². The van der Waals surface area contributed by atoms with Crippen LogP contribution in [0, 0.1) is 11.7 Å². The number of carbonyl (C=O) groups excluding carboxylic acids is 1. The van der Waals surface area contributed by atoms with E-state index in [4.69, 9.17) is 0 Å². The van der Waals surface area contributed by atoms with E-state index < -0.39 is 0 Å². The van der Waals surface area contributed by atoms with Gasteiger partial charge in [-0.2, -0.15) is 5.10 Å². The standard InChI is InChI=1S/C19H24FN3O/c1-15(12-16-6-4-7-17(20)13-16)19(24)23-11-3-2-8-18(23)14-22-10-5-9-21-22/h4-7,9-10,13,15,18H,2-3,8,11-12,14H2,1H3/t15-,18+/m0/s1. The van der Waals surface area contributed by atoms with Gasteiger partial charge in [-0.1, -0.05) is 19.1 Å². The van der Waals surface area contributed by atoms with Crippen LogP contribution in [0.4, 0.5) is 4.39 Å². The fourth-order valence-electron chi connectivity index (χ4n) is 3.49. The predicted octanol–water partition coefficient (Wildman–Crippen LogP) is 3.28. The molecule has 1 saturated heterocycles. The minimum atomic E-state index is -0.248. The predicted molar refractivity (Wildman–Crippen MR) is 90.8 cm³/mol. The molecular formula is C19H24FN3O. The molecule has 3 rings (SSSR count). The van der Waals surface area contributed by atoms with Crippen LogP contribution in [0.25, 0.3) is 0 Å². The Hall–Kier alpha value is -2.17. The molecule has 0 spiro atoms. The van der Waals surface area contributed by atoms with Gasteiger partial charge in [0.25, 0.3) is 0 Å². The lowest BCUT2D eigenvalue weighted by Crippen LogP contribution is -2.48. The van der Waals surface area contributed by atoms with Crippen LogP contribution in [-0.4, -0.2) is 33.2 Å². The molecule has 0 aliphatic carbocycles. The summed E-state index contributed by atoms with van der Waals surface area (Å²) in [6.07, 6.45) is 7.48. The summed E-state index contributed by atoms with van der Waals surface area (Å²) in [5.41, 5.74) is 0.872. The number of rotatable bonds is 5. The van der Waals surface area contributed by atoms with Crippen molar-refractivity contribution in [3.05, 3.63) is 54.1 Å². The van der Waals surface area contributed by atoms with Gasteiger partial charge in [0, 0.05) is 24.9 Å². The summed E-state index contributed by atoms with van der Waals surface area (Å²) in [6, 6.07) is 8.62. The third kappa shape index (κ3) is 4.02.